The molecular weight excluding hydrogens is 513 g/mol. The van der Waals surface area contributed by atoms with Gasteiger partial charge in [-0.25, -0.2) is 0 Å². The molecule has 2 saturated heterocycles. The van der Waals surface area contributed by atoms with E-state index in [1.54, 1.807) is 6.07 Å². The fraction of sp³-hybridized carbons (Fsp3) is 0.552. The molecule has 39 heavy (non-hydrogen) atoms. The molecule has 1 spiro atoms. The van der Waals surface area contributed by atoms with Crippen molar-refractivity contribution >= 4 is 5.91 Å². The van der Waals surface area contributed by atoms with E-state index in [0.717, 1.165) is 25.6 Å². The van der Waals surface area contributed by atoms with E-state index < -0.39 is 23.8 Å². The summed E-state index contributed by atoms with van der Waals surface area (Å²) in [5, 5.41) is 13.5. The van der Waals surface area contributed by atoms with E-state index in [2.05, 4.69) is 5.32 Å². The Morgan fingerprint density at radius 2 is 1.72 bits per heavy atom. The summed E-state index contributed by atoms with van der Waals surface area (Å²) in [4.78, 5) is 14.9. The van der Waals surface area contributed by atoms with Gasteiger partial charge in [0.2, 0.25) is 0 Å². The number of alkyl halides is 3. The summed E-state index contributed by atoms with van der Waals surface area (Å²) in [5.41, 5.74) is -2.52. The van der Waals surface area contributed by atoms with Crippen molar-refractivity contribution in [3.63, 3.8) is 0 Å². The van der Waals surface area contributed by atoms with Crippen molar-refractivity contribution in [1.29, 1.82) is 0 Å². The molecule has 2 N–H and O–H groups in total. The standard InChI is InChI=1S/C29H37F3N2O5/c1-37-19-22(35)20-39-25-11-7-6-10-23(25)24-18-33-15-12-27(24)13-16-34(17-14-27)26(36)28(38-2,29(30,31)32)21-8-4-3-5-9-21/h3-11,22,24,33,35H,12-20H2,1-2H3/t22-,24?,28+/m0/s1. The van der Waals surface area contributed by atoms with E-state index in [-0.39, 0.29) is 43.2 Å². The van der Waals surface area contributed by atoms with Crippen molar-refractivity contribution in [2.45, 2.75) is 43.1 Å². The molecule has 0 radical (unpaired) electrons. The maximum Gasteiger partial charge on any atom is 0.430 e. The summed E-state index contributed by atoms with van der Waals surface area (Å²) in [6.45, 7) is 2.09. The van der Waals surface area contributed by atoms with Crippen LogP contribution in [0.5, 0.6) is 5.75 Å². The first-order chi connectivity index (χ1) is 18.7. The average Bonchev–Trinajstić information content (AvgIpc) is 2.93. The zero-order chi connectivity index (χ0) is 28.1. The molecule has 2 aliphatic heterocycles. The van der Waals surface area contributed by atoms with Crippen LogP contribution in [0, 0.1) is 5.41 Å². The van der Waals surface area contributed by atoms with Crippen molar-refractivity contribution in [1.82, 2.24) is 10.2 Å². The van der Waals surface area contributed by atoms with Gasteiger partial charge in [-0.05, 0) is 42.9 Å². The summed E-state index contributed by atoms with van der Waals surface area (Å²) in [7, 11) is 2.45. The molecule has 214 valence electrons. The van der Waals surface area contributed by atoms with Gasteiger partial charge < -0.3 is 29.5 Å². The lowest BCUT2D eigenvalue weighted by atomic mass is 9.62. The molecule has 10 heteroatoms. The molecule has 4 rings (SSSR count). The molecule has 0 aliphatic carbocycles. The summed E-state index contributed by atoms with van der Waals surface area (Å²) in [6, 6.07) is 14.8. The predicted octanol–water partition coefficient (Wildman–Crippen LogP) is 3.86. The van der Waals surface area contributed by atoms with E-state index in [0.29, 0.717) is 25.1 Å². The SMILES string of the molecule is COC[C@H](O)COc1ccccc1C1CNCCC12CCN(C(=O)[C@](OC)(c1ccccc1)C(F)(F)F)CC2. The Hall–Kier alpha value is -2.66. The molecule has 1 amide bonds. The Morgan fingerprint density at radius 3 is 2.36 bits per heavy atom. The Kier molecular flexibility index (Phi) is 9.21. The number of amides is 1. The number of piperidine rings is 2. The van der Waals surface area contributed by atoms with E-state index in [1.807, 2.05) is 24.3 Å². The molecule has 2 aliphatic rings. The fourth-order valence-corrected chi connectivity index (χ4v) is 6.12. The topological polar surface area (TPSA) is 80.3 Å². The highest BCUT2D eigenvalue weighted by molar-refractivity contribution is 5.88. The summed E-state index contributed by atoms with van der Waals surface area (Å²) in [6.07, 6.45) is -3.77. The van der Waals surface area contributed by atoms with Crippen LogP contribution in [0.1, 0.15) is 36.3 Å². The van der Waals surface area contributed by atoms with E-state index in [4.69, 9.17) is 14.2 Å². The third-order valence-electron chi connectivity index (χ3n) is 8.21. The normalized spacial score (nSPS) is 21.8. The number of nitrogens with one attached hydrogen (secondary N) is 1. The maximum absolute atomic E-state index is 14.5. The summed E-state index contributed by atoms with van der Waals surface area (Å²) in [5.74, 6) is -0.387. The van der Waals surface area contributed by atoms with Gasteiger partial charge in [-0.15, -0.1) is 0 Å². The average molecular weight is 551 g/mol. The molecule has 0 bridgehead atoms. The minimum Gasteiger partial charge on any atom is -0.491 e. The van der Waals surface area contributed by atoms with Crippen LogP contribution in [0.15, 0.2) is 54.6 Å². The van der Waals surface area contributed by atoms with Crippen molar-refractivity contribution in [2.75, 3.05) is 53.6 Å². The van der Waals surface area contributed by atoms with Gasteiger partial charge >= 0.3 is 6.18 Å². The number of nitrogens with zero attached hydrogens (tertiary/aromatic N) is 1. The minimum absolute atomic E-state index is 0.0307. The molecule has 2 aromatic carbocycles. The van der Waals surface area contributed by atoms with Crippen molar-refractivity contribution in [3.8, 4) is 5.75 Å². The second-order valence-electron chi connectivity index (χ2n) is 10.4. The van der Waals surface area contributed by atoms with Crippen molar-refractivity contribution in [2.24, 2.45) is 5.41 Å². The number of methoxy groups -OCH3 is 2. The lowest BCUT2D eigenvalue weighted by molar-refractivity contribution is -0.271. The van der Waals surface area contributed by atoms with Gasteiger partial charge in [-0.3, -0.25) is 4.79 Å². The van der Waals surface area contributed by atoms with Crippen LogP contribution in [-0.4, -0.2) is 81.8 Å². The van der Waals surface area contributed by atoms with Gasteiger partial charge in [-0.2, -0.15) is 13.2 Å². The number of likely N-dealkylation sites (tertiary alicyclic amines) is 1. The van der Waals surface area contributed by atoms with Crippen LogP contribution in [0.2, 0.25) is 0 Å². The van der Waals surface area contributed by atoms with Gasteiger partial charge in [0.05, 0.1) is 6.61 Å². The monoisotopic (exact) mass is 550 g/mol. The van der Waals surface area contributed by atoms with Gasteiger partial charge in [-0.1, -0.05) is 48.5 Å². The number of hydrogen-bond donors (Lipinski definition) is 2. The molecule has 2 fully saturated rings. The van der Waals surface area contributed by atoms with Crippen LogP contribution in [-0.2, 0) is 19.9 Å². The lowest BCUT2D eigenvalue weighted by Gasteiger charge is -2.51. The predicted molar refractivity (Wildman–Crippen MR) is 139 cm³/mol. The molecule has 1 unspecified atom stereocenters. The lowest BCUT2D eigenvalue weighted by Crippen LogP contribution is -2.59. The number of hydrogen-bond acceptors (Lipinski definition) is 6. The molecular formula is C29H37F3N2O5. The Labute approximate surface area is 227 Å². The Morgan fingerprint density at radius 1 is 1.05 bits per heavy atom. The van der Waals surface area contributed by atoms with Gasteiger partial charge in [0, 0.05) is 45.3 Å². The molecule has 0 aromatic heterocycles. The molecule has 7 nitrogen and oxygen atoms in total. The Bertz CT molecular complexity index is 1090. The number of halogens is 3. The van der Waals surface area contributed by atoms with Crippen molar-refractivity contribution < 1.29 is 37.3 Å². The number of aliphatic hydroxyl groups excluding tert-OH is 1. The smallest absolute Gasteiger partial charge is 0.430 e. The summed E-state index contributed by atoms with van der Waals surface area (Å²) < 4.78 is 59.5. The van der Waals surface area contributed by atoms with Crippen LogP contribution >= 0.6 is 0 Å². The number of aliphatic hydroxyl groups is 1. The minimum atomic E-state index is -4.93. The quantitative estimate of drug-likeness (QED) is 0.494. The molecule has 2 aromatic rings. The first-order valence-electron chi connectivity index (χ1n) is 13.2. The number of rotatable bonds is 9. The zero-order valence-electron chi connectivity index (χ0n) is 22.4. The number of para-hydroxylation sites is 1. The first kappa shape index (κ1) is 29.3. The third kappa shape index (κ3) is 5.79. The van der Waals surface area contributed by atoms with E-state index in [1.165, 1.54) is 36.3 Å². The second kappa shape index (κ2) is 12.2. The van der Waals surface area contributed by atoms with Gasteiger partial charge in [0.15, 0.2) is 0 Å². The highest BCUT2D eigenvalue weighted by Gasteiger charge is 2.64. The highest BCUT2D eigenvalue weighted by Crippen LogP contribution is 2.51. The van der Waals surface area contributed by atoms with Crippen LogP contribution in [0.25, 0.3) is 0 Å². The molecule has 2 heterocycles. The fourth-order valence-electron chi connectivity index (χ4n) is 6.12. The number of benzene rings is 2. The largest absolute Gasteiger partial charge is 0.491 e. The van der Waals surface area contributed by atoms with Gasteiger partial charge in [0.1, 0.15) is 18.5 Å². The molecule has 0 saturated carbocycles. The van der Waals surface area contributed by atoms with Crippen LogP contribution in [0.4, 0.5) is 13.2 Å². The molecule has 3 atom stereocenters. The number of ether oxygens (including phenoxy) is 3. The van der Waals surface area contributed by atoms with Crippen LogP contribution < -0.4 is 10.1 Å². The number of carbonyl (C=O) groups is 1. The highest BCUT2D eigenvalue weighted by atomic mass is 19.4. The number of carbonyl (C=O) groups excluding carboxylic acids is 1. The maximum atomic E-state index is 14.5. The second-order valence-corrected chi connectivity index (χ2v) is 10.4. The van der Waals surface area contributed by atoms with Crippen molar-refractivity contribution in [3.05, 3.63) is 65.7 Å². The third-order valence-corrected chi connectivity index (χ3v) is 8.21. The van der Waals surface area contributed by atoms with E-state index >= 15 is 0 Å². The zero-order valence-corrected chi connectivity index (χ0v) is 22.4. The van der Waals surface area contributed by atoms with E-state index in [9.17, 15) is 23.1 Å². The summed E-state index contributed by atoms with van der Waals surface area (Å²) >= 11 is 0. The first-order valence-corrected chi connectivity index (χ1v) is 13.2. The Balaban J connectivity index is 1.56. The van der Waals surface area contributed by atoms with Crippen LogP contribution in [0.3, 0.4) is 0 Å². The van der Waals surface area contributed by atoms with Gasteiger partial charge in [0.25, 0.3) is 11.5 Å².